The lowest BCUT2D eigenvalue weighted by molar-refractivity contribution is -0.122. The van der Waals surface area contributed by atoms with E-state index in [0.29, 0.717) is 6.42 Å². The Balaban J connectivity index is 3.82. The van der Waals surface area contributed by atoms with Crippen molar-refractivity contribution in [2.24, 2.45) is 0 Å². The van der Waals surface area contributed by atoms with Gasteiger partial charge in [0.25, 0.3) is 10.1 Å². The highest BCUT2D eigenvalue weighted by Crippen LogP contribution is 2.16. The molecule has 6 nitrogen and oxygen atoms in total. The van der Waals surface area contributed by atoms with E-state index >= 15 is 0 Å². The zero-order valence-electron chi connectivity index (χ0n) is 36.6. The van der Waals surface area contributed by atoms with Gasteiger partial charge in [-0.05, 0) is 32.1 Å². The molecule has 0 bridgehead atoms. The van der Waals surface area contributed by atoms with E-state index in [1.54, 1.807) is 0 Å². The van der Waals surface area contributed by atoms with E-state index in [1.165, 1.54) is 205 Å². The molecule has 0 aliphatic heterocycles. The Bertz CT molecular complexity index is 965. The fourth-order valence-corrected chi connectivity index (χ4v) is 8.26. The molecule has 0 aliphatic rings. The van der Waals surface area contributed by atoms with Crippen LogP contribution in [0, 0.1) is 0 Å². The highest BCUT2D eigenvalue weighted by molar-refractivity contribution is 7.85. The average Bonchev–Trinajstić information content (AvgIpc) is 3.15. The third kappa shape index (κ3) is 43.8. The van der Waals surface area contributed by atoms with Crippen LogP contribution in [0.2, 0.25) is 0 Å². The van der Waals surface area contributed by atoms with Crippen molar-refractivity contribution in [2.75, 3.05) is 5.75 Å². The van der Waals surface area contributed by atoms with Crippen LogP contribution < -0.4 is 5.32 Å². The van der Waals surface area contributed by atoms with Gasteiger partial charge < -0.3 is 10.4 Å². The molecule has 0 saturated heterocycles. The van der Waals surface area contributed by atoms with E-state index in [4.69, 9.17) is 0 Å². The second-order valence-electron chi connectivity index (χ2n) is 16.7. The van der Waals surface area contributed by atoms with Crippen LogP contribution in [0.15, 0.2) is 24.3 Å². The summed E-state index contributed by atoms with van der Waals surface area (Å²) >= 11 is 0. The maximum Gasteiger partial charge on any atom is 0.267 e. The molecular formula is C48H93NO5S. The first-order valence-corrected chi connectivity index (χ1v) is 25.6. The van der Waals surface area contributed by atoms with Crippen molar-refractivity contribution < 1.29 is 22.9 Å². The van der Waals surface area contributed by atoms with Crippen LogP contribution in [-0.2, 0) is 14.9 Å². The van der Waals surface area contributed by atoms with Gasteiger partial charge in [0.1, 0.15) is 0 Å². The molecule has 0 fully saturated rings. The monoisotopic (exact) mass is 796 g/mol. The summed E-state index contributed by atoms with van der Waals surface area (Å²) in [6.45, 7) is 4.55. The molecule has 2 unspecified atom stereocenters. The topological polar surface area (TPSA) is 104 Å². The summed E-state index contributed by atoms with van der Waals surface area (Å²) < 4.78 is 32.6. The lowest BCUT2D eigenvalue weighted by atomic mass is 10.0. The number of unbranched alkanes of at least 4 members (excludes halogenated alkanes) is 34. The lowest BCUT2D eigenvalue weighted by Crippen LogP contribution is -2.46. The van der Waals surface area contributed by atoms with Gasteiger partial charge in [-0.15, -0.1) is 0 Å². The predicted octanol–water partition coefficient (Wildman–Crippen LogP) is 14.7. The quantitative estimate of drug-likeness (QED) is 0.0324. The van der Waals surface area contributed by atoms with E-state index in [-0.39, 0.29) is 5.91 Å². The standard InChI is InChI=1S/C48H93NO5S/c1-3-5-7-9-11-13-15-17-19-21-23-24-25-26-28-30-32-34-36-38-40-42-44-48(51)49-46(45-55(52,53)54)47(50)43-41-39-37-35-33-31-29-27-22-20-18-16-14-12-10-8-6-4-2/h33,35,41,43,46-47,50H,3-32,34,36-40,42,44-45H2,1-2H3,(H,49,51)(H,52,53,54)/b35-33+,43-41+. The van der Waals surface area contributed by atoms with Crippen LogP contribution in [0.5, 0.6) is 0 Å². The summed E-state index contributed by atoms with van der Waals surface area (Å²) in [7, 11) is -4.35. The van der Waals surface area contributed by atoms with Crippen LogP contribution in [0.25, 0.3) is 0 Å². The summed E-state index contributed by atoms with van der Waals surface area (Å²) in [5, 5.41) is 13.3. The minimum absolute atomic E-state index is 0.282. The summed E-state index contributed by atoms with van der Waals surface area (Å²) in [5.41, 5.74) is 0. The Hall–Kier alpha value is -1.18. The third-order valence-electron chi connectivity index (χ3n) is 11.1. The predicted molar refractivity (Wildman–Crippen MR) is 239 cm³/mol. The molecule has 0 heterocycles. The van der Waals surface area contributed by atoms with Gasteiger partial charge in [0.05, 0.1) is 17.9 Å². The van der Waals surface area contributed by atoms with Crippen LogP contribution in [0.1, 0.15) is 258 Å². The van der Waals surface area contributed by atoms with Gasteiger partial charge >= 0.3 is 0 Å². The van der Waals surface area contributed by atoms with Crippen LogP contribution in [0.4, 0.5) is 0 Å². The molecule has 0 aliphatic carbocycles. The van der Waals surface area contributed by atoms with Crippen molar-refractivity contribution in [3.63, 3.8) is 0 Å². The molecule has 55 heavy (non-hydrogen) atoms. The molecule has 0 spiro atoms. The Morgan fingerprint density at radius 3 is 1.15 bits per heavy atom. The maximum atomic E-state index is 12.6. The number of nitrogens with one attached hydrogen (secondary N) is 1. The van der Waals surface area contributed by atoms with E-state index in [2.05, 4.69) is 31.3 Å². The van der Waals surface area contributed by atoms with Crippen LogP contribution >= 0.6 is 0 Å². The van der Waals surface area contributed by atoms with Crippen molar-refractivity contribution in [2.45, 2.75) is 270 Å². The third-order valence-corrected chi connectivity index (χ3v) is 11.9. The zero-order valence-corrected chi connectivity index (χ0v) is 37.4. The summed E-state index contributed by atoms with van der Waals surface area (Å²) in [5.74, 6) is -0.988. The highest BCUT2D eigenvalue weighted by Gasteiger charge is 2.24. The SMILES string of the molecule is CCCCCCCCCCCCCC/C=C/CC/C=C/C(O)C(CS(=O)(=O)O)NC(=O)CCCCCCCCCCCCCCCCCCCCCCCC. The molecule has 1 amide bonds. The average molecular weight is 796 g/mol. The zero-order chi connectivity index (χ0) is 40.3. The largest absolute Gasteiger partial charge is 0.387 e. The van der Waals surface area contributed by atoms with E-state index in [9.17, 15) is 22.9 Å². The maximum absolute atomic E-state index is 12.6. The smallest absolute Gasteiger partial charge is 0.267 e. The molecule has 0 saturated carbocycles. The van der Waals surface area contributed by atoms with Crippen molar-refractivity contribution in [3.05, 3.63) is 24.3 Å². The highest BCUT2D eigenvalue weighted by atomic mass is 32.2. The Morgan fingerprint density at radius 2 is 0.782 bits per heavy atom. The Labute approximate surface area is 343 Å². The molecular weight excluding hydrogens is 703 g/mol. The lowest BCUT2D eigenvalue weighted by Gasteiger charge is -2.21. The number of rotatable bonds is 44. The first kappa shape index (κ1) is 53.8. The van der Waals surface area contributed by atoms with Crippen molar-refractivity contribution in [1.29, 1.82) is 0 Å². The normalized spacial score (nSPS) is 13.3. The van der Waals surface area contributed by atoms with Crippen LogP contribution in [0.3, 0.4) is 0 Å². The minimum Gasteiger partial charge on any atom is -0.387 e. The summed E-state index contributed by atoms with van der Waals surface area (Å²) in [6.07, 6.45) is 54.7. The number of aliphatic hydroxyl groups is 1. The molecule has 0 aromatic carbocycles. The van der Waals surface area contributed by atoms with Crippen molar-refractivity contribution in [3.8, 4) is 0 Å². The van der Waals surface area contributed by atoms with Gasteiger partial charge in [0.2, 0.25) is 5.91 Å². The van der Waals surface area contributed by atoms with Crippen molar-refractivity contribution >= 4 is 16.0 Å². The number of aliphatic hydroxyl groups excluding tert-OH is 1. The molecule has 0 rings (SSSR count). The first-order chi connectivity index (χ1) is 26.8. The number of hydrogen-bond acceptors (Lipinski definition) is 4. The number of amides is 1. The van der Waals surface area contributed by atoms with Crippen molar-refractivity contribution in [1.82, 2.24) is 5.32 Å². The summed E-state index contributed by atoms with van der Waals surface area (Å²) in [6, 6.07) is -1.07. The molecule has 326 valence electrons. The minimum atomic E-state index is -4.35. The van der Waals surface area contributed by atoms with Gasteiger partial charge in [-0.2, -0.15) is 8.42 Å². The van der Waals surface area contributed by atoms with E-state index in [1.807, 2.05) is 6.08 Å². The molecule has 3 N–H and O–H groups in total. The number of allylic oxidation sites excluding steroid dienone is 3. The van der Waals surface area contributed by atoms with Gasteiger partial charge in [-0.1, -0.05) is 244 Å². The van der Waals surface area contributed by atoms with Gasteiger partial charge in [-0.25, -0.2) is 0 Å². The molecule has 2 atom stereocenters. The van der Waals surface area contributed by atoms with E-state index < -0.39 is 28.0 Å². The fraction of sp³-hybridized carbons (Fsp3) is 0.896. The second kappa shape index (κ2) is 42.4. The van der Waals surface area contributed by atoms with Gasteiger partial charge in [0, 0.05) is 6.42 Å². The van der Waals surface area contributed by atoms with Gasteiger partial charge in [0.15, 0.2) is 0 Å². The number of carbonyl (C=O) groups excluding carboxylic acids is 1. The number of hydrogen-bond donors (Lipinski definition) is 3. The van der Waals surface area contributed by atoms with Crippen LogP contribution in [-0.4, -0.2) is 41.9 Å². The first-order valence-electron chi connectivity index (χ1n) is 24.0. The molecule has 0 aromatic heterocycles. The molecule has 7 heteroatoms. The Morgan fingerprint density at radius 1 is 0.473 bits per heavy atom. The fourth-order valence-electron chi connectivity index (χ4n) is 7.53. The number of carbonyl (C=O) groups is 1. The molecule has 0 radical (unpaired) electrons. The summed E-state index contributed by atoms with van der Waals surface area (Å²) in [4.78, 5) is 12.6. The van der Waals surface area contributed by atoms with E-state index in [0.717, 1.165) is 38.5 Å². The molecule has 0 aromatic rings. The Kier molecular flexibility index (Phi) is 41.5. The second-order valence-corrected chi connectivity index (χ2v) is 18.2. The van der Waals surface area contributed by atoms with Gasteiger partial charge in [-0.3, -0.25) is 9.35 Å².